The van der Waals surface area contributed by atoms with Gasteiger partial charge >= 0.3 is 0 Å². The molecule has 4 unspecified atom stereocenters. The molecular formula is C16H30N2O. The second-order valence-electron chi connectivity index (χ2n) is 6.40. The molecular weight excluding hydrogens is 236 g/mol. The lowest BCUT2D eigenvalue weighted by Crippen LogP contribution is -2.45. The third-order valence-corrected chi connectivity index (χ3v) is 5.14. The highest BCUT2D eigenvalue weighted by Gasteiger charge is 2.42. The van der Waals surface area contributed by atoms with Crippen molar-refractivity contribution in [3.8, 4) is 0 Å². The summed E-state index contributed by atoms with van der Waals surface area (Å²) >= 11 is 0. The Morgan fingerprint density at radius 1 is 1.37 bits per heavy atom. The third-order valence-electron chi connectivity index (χ3n) is 5.14. The summed E-state index contributed by atoms with van der Waals surface area (Å²) in [6.07, 6.45) is 8.81. The predicted molar refractivity (Wildman–Crippen MR) is 78.9 cm³/mol. The van der Waals surface area contributed by atoms with Crippen LogP contribution >= 0.6 is 0 Å². The monoisotopic (exact) mass is 266 g/mol. The van der Waals surface area contributed by atoms with E-state index >= 15 is 0 Å². The molecule has 0 bridgehead atoms. The van der Waals surface area contributed by atoms with E-state index in [-0.39, 0.29) is 11.9 Å². The number of carbonyl (C=O) groups excluding carboxylic acids is 1. The molecule has 0 aromatic carbocycles. The first-order valence-electron chi connectivity index (χ1n) is 8.27. The Hall–Kier alpha value is -0.570. The zero-order chi connectivity index (χ0) is 13.7. The van der Waals surface area contributed by atoms with Crippen molar-refractivity contribution in [2.75, 3.05) is 13.1 Å². The van der Waals surface area contributed by atoms with E-state index in [9.17, 15) is 4.79 Å². The Morgan fingerprint density at radius 3 is 2.95 bits per heavy atom. The molecule has 1 aliphatic carbocycles. The molecule has 0 aromatic rings. The molecule has 2 fully saturated rings. The molecule has 1 aliphatic heterocycles. The fourth-order valence-corrected chi connectivity index (χ4v) is 3.77. The van der Waals surface area contributed by atoms with Crippen LogP contribution in [0.4, 0.5) is 0 Å². The lowest BCUT2D eigenvalue weighted by Gasteiger charge is -2.20. The van der Waals surface area contributed by atoms with Gasteiger partial charge in [-0.3, -0.25) is 4.79 Å². The van der Waals surface area contributed by atoms with Crippen molar-refractivity contribution in [2.24, 2.45) is 17.8 Å². The normalized spacial score (nSPS) is 31.2. The van der Waals surface area contributed by atoms with Gasteiger partial charge in [0, 0.05) is 6.54 Å². The second-order valence-corrected chi connectivity index (χ2v) is 6.40. The highest BCUT2D eigenvalue weighted by molar-refractivity contribution is 5.82. The van der Waals surface area contributed by atoms with Gasteiger partial charge in [0.15, 0.2) is 0 Å². The number of fused-ring (bicyclic) bond motifs is 1. The maximum atomic E-state index is 12.3. The van der Waals surface area contributed by atoms with Crippen molar-refractivity contribution >= 4 is 5.91 Å². The van der Waals surface area contributed by atoms with E-state index in [1.165, 1.54) is 44.9 Å². The molecule has 0 spiro atoms. The smallest absolute Gasteiger partial charge is 0.237 e. The van der Waals surface area contributed by atoms with Gasteiger partial charge in [0.1, 0.15) is 0 Å². The van der Waals surface area contributed by atoms with Gasteiger partial charge < -0.3 is 10.6 Å². The van der Waals surface area contributed by atoms with Gasteiger partial charge in [0.2, 0.25) is 5.91 Å². The Kier molecular flexibility index (Phi) is 5.68. The minimum absolute atomic E-state index is 0.0937. The molecule has 0 radical (unpaired) electrons. The van der Waals surface area contributed by atoms with Gasteiger partial charge in [-0.25, -0.2) is 0 Å². The van der Waals surface area contributed by atoms with Gasteiger partial charge in [-0.1, -0.05) is 39.5 Å². The van der Waals surface area contributed by atoms with Crippen LogP contribution in [0.1, 0.15) is 58.8 Å². The molecule has 2 aliphatic rings. The first kappa shape index (κ1) is 14.8. The van der Waals surface area contributed by atoms with E-state index in [0.29, 0.717) is 11.8 Å². The molecule has 3 nitrogen and oxygen atoms in total. The number of unbranched alkanes of at least 4 members (excludes halogenated alkanes) is 1. The van der Waals surface area contributed by atoms with Crippen LogP contribution in [0.5, 0.6) is 0 Å². The van der Waals surface area contributed by atoms with Crippen LogP contribution in [0.3, 0.4) is 0 Å². The molecule has 1 saturated carbocycles. The van der Waals surface area contributed by atoms with Crippen LogP contribution in [0.15, 0.2) is 0 Å². The minimum Gasteiger partial charge on any atom is -0.354 e. The lowest BCUT2D eigenvalue weighted by atomic mass is 9.93. The molecule has 110 valence electrons. The lowest BCUT2D eigenvalue weighted by molar-refractivity contribution is -0.124. The maximum Gasteiger partial charge on any atom is 0.237 e. The summed E-state index contributed by atoms with van der Waals surface area (Å²) in [5, 5.41) is 6.63. The van der Waals surface area contributed by atoms with Gasteiger partial charge in [-0.15, -0.1) is 0 Å². The summed E-state index contributed by atoms with van der Waals surface area (Å²) in [7, 11) is 0. The number of rotatable bonds is 7. The summed E-state index contributed by atoms with van der Waals surface area (Å²) in [4.78, 5) is 12.3. The molecule has 1 heterocycles. The van der Waals surface area contributed by atoms with Crippen LogP contribution in [0.25, 0.3) is 0 Å². The summed E-state index contributed by atoms with van der Waals surface area (Å²) in [6.45, 7) is 6.38. The summed E-state index contributed by atoms with van der Waals surface area (Å²) in [5.41, 5.74) is 0. The fourth-order valence-electron chi connectivity index (χ4n) is 3.77. The average molecular weight is 266 g/mol. The van der Waals surface area contributed by atoms with Crippen LogP contribution in [-0.2, 0) is 4.79 Å². The zero-order valence-electron chi connectivity index (χ0n) is 12.6. The molecule has 2 rings (SSSR count). The standard InChI is InChI=1S/C16H30N2O/c1-3-5-7-12(4-2)10-18-16(19)15-14-9-6-8-13(14)11-17-15/h12-15,17H,3-11H2,1-2H3,(H,18,19). The Labute approximate surface area is 117 Å². The van der Waals surface area contributed by atoms with Crippen molar-refractivity contribution in [3.63, 3.8) is 0 Å². The average Bonchev–Trinajstić information content (AvgIpc) is 3.01. The molecule has 1 amide bonds. The number of carbonyl (C=O) groups is 1. The Bertz CT molecular complexity index is 292. The van der Waals surface area contributed by atoms with Crippen molar-refractivity contribution in [1.29, 1.82) is 0 Å². The molecule has 19 heavy (non-hydrogen) atoms. The van der Waals surface area contributed by atoms with E-state index in [1.807, 2.05) is 0 Å². The van der Waals surface area contributed by atoms with Crippen LogP contribution in [-0.4, -0.2) is 25.0 Å². The maximum absolute atomic E-state index is 12.3. The van der Waals surface area contributed by atoms with E-state index in [0.717, 1.165) is 19.0 Å². The van der Waals surface area contributed by atoms with Crippen molar-refractivity contribution < 1.29 is 4.79 Å². The van der Waals surface area contributed by atoms with Gasteiger partial charge in [0.25, 0.3) is 0 Å². The van der Waals surface area contributed by atoms with E-state index in [2.05, 4.69) is 24.5 Å². The number of nitrogens with one attached hydrogen (secondary N) is 2. The Balaban J connectivity index is 1.74. The molecule has 4 atom stereocenters. The first-order valence-corrected chi connectivity index (χ1v) is 8.27. The molecule has 2 N–H and O–H groups in total. The minimum atomic E-state index is 0.0937. The third kappa shape index (κ3) is 3.71. The van der Waals surface area contributed by atoms with Crippen LogP contribution in [0.2, 0.25) is 0 Å². The quantitative estimate of drug-likeness (QED) is 0.744. The van der Waals surface area contributed by atoms with E-state index in [1.54, 1.807) is 0 Å². The first-order chi connectivity index (χ1) is 9.26. The zero-order valence-corrected chi connectivity index (χ0v) is 12.6. The number of amides is 1. The van der Waals surface area contributed by atoms with Gasteiger partial charge in [-0.05, 0) is 43.6 Å². The van der Waals surface area contributed by atoms with Crippen molar-refractivity contribution in [2.45, 2.75) is 64.8 Å². The summed E-state index contributed by atoms with van der Waals surface area (Å²) < 4.78 is 0. The number of hydrogen-bond acceptors (Lipinski definition) is 2. The van der Waals surface area contributed by atoms with Gasteiger partial charge in [0.05, 0.1) is 6.04 Å². The largest absolute Gasteiger partial charge is 0.354 e. The van der Waals surface area contributed by atoms with E-state index < -0.39 is 0 Å². The van der Waals surface area contributed by atoms with Gasteiger partial charge in [-0.2, -0.15) is 0 Å². The molecule has 1 saturated heterocycles. The highest BCUT2D eigenvalue weighted by Crippen LogP contribution is 2.37. The number of hydrogen-bond donors (Lipinski definition) is 2. The Morgan fingerprint density at radius 2 is 2.21 bits per heavy atom. The van der Waals surface area contributed by atoms with Crippen LogP contribution in [0, 0.1) is 17.8 Å². The highest BCUT2D eigenvalue weighted by atomic mass is 16.2. The predicted octanol–water partition coefficient (Wildman–Crippen LogP) is 2.71. The van der Waals surface area contributed by atoms with E-state index in [4.69, 9.17) is 0 Å². The summed E-state index contributed by atoms with van der Waals surface area (Å²) in [6, 6.07) is 0.0937. The van der Waals surface area contributed by atoms with Crippen LogP contribution < -0.4 is 10.6 Å². The topological polar surface area (TPSA) is 41.1 Å². The van der Waals surface area contributed by atoms with Crippen molar-refractivity contribution in [1.82, 2.24) is 10.6 Å². The second kappa shape index (κ2) is 7.28. The van der Waals surface area contributed by atoms with Crippen molar-refractivity contribution in [3.05, 3.63) is 0 Å². The molecule has 3 heteroatoms. The SMILES string of the molecule is CCCCC(CC)CNC(=O)C1NCC2CCCC21. The fraction of sp³-hybridized carbons (Fsp3) is 0.938. The summed E-state index contributed by atoms with van der Waals surface area (Å²) in [5.74, 6) is 2.28. The molecule has 0 aromatic heterocycles.